The van der Waals surface area contributed by atoms with E-state index in [0.717, 1.165) is 11.8 Å². The van der Waals surface area contributed by atoms with E-state index >= 15 is 0 Å². The maximum atomic E-state index is 12.2. The molecule has 0 spiro atoms. The van der Waals surface area contributed by atoms with Gasteiger partial charge in [0.15, 0.2) is 17.2 Å². The van der Waals surface area contributed by atoms with Crippen LogP contribution in [0.2, 0.25) is 0 Å². The summed E-state index contributed by atoms with van der Waals surface area (Å²) >= 11 is 1.14. The number of hydrogen-bond donors (Lipinski definition) is 6. The minimum Gasteiger partial charge on any atom is -0.394 e. The minimum absolute atomic E-state index is 0.0622. The molecule has 1 aliphatic rings. The van der Waals surface area contributed by atoms with Crippen LogP contribution in [0.15, 0.2) is 9.95 Å². The first kappa shape index (κ1) is 19.8. The third-order valence-corrected chi connectivity index (χ3v) is 4.44. The molecule has 0 radical (unpaired) electrons. The number of carbonyl (C=O) groups excluding carboxylic acids is 1. The Bertz CT molecular complexity index is 681. The number of nitrogens with zero attached hydrogens (tertiary/aromatic N) is 1. The highest BCUT2D eigenvalue weighted by Gasteiger charge is 2.44. The van der Waals surface area contributed by atoms with E-state index in [1.165, 1.54) is 0 Å². The van der Waals surface area contributed by atoms with Crippen LogP contribution in [0.5, 0.6) is 0 Å². The van der Waals surface area contributed by atoms with Crippen molar-refractivity contribution >= 4 is 23.4 Å². The molecule has 2 rings (SSSR count). The molecule has 140 valence electrons. The zero-order valence-corrected chi connectivity index (χ0v) is 14.5. The van der Waals surface area contributed by atoms with E-state index in [0.29, 0.717) is 0 Å². The number of aliphatic hydroxyl groups excluding tert-OH is 4. The third-order valence-electron chi connectivity index (χ3n) is 3.86. The Morgan fingerprint density at radius 1 is 1.32 bits per heavy atom. The number of Topliss-reactive ketones (excluding diaryl/α,β-unsaturated/α-hetero) is 1. The van der Waals surface area contributed by atoms with Crippen molar-refractivity contribution in [1.29, 1.82) is 0 Å². The van der Waals surface area contributed by atoms with Crippen LogP contribution in [0, 0.1) is 0 Å². The normalized spacial score (nSPS) is 29.4. The van der Waals surface area contributed by atoms with Crippen LogP contribution < -0.4 is 10.9 Å². The van der Waals surface area contributed by atoms with Gasteiger partial charge in [-0.05, 0) is 6.26 Å². The number of aromatic nitrogens is 2. The zero-order chi connectivity index (χ0) is 18.7. The first-order chi connectivity index (χ1) is 11.8. The van der Waals surface area contributed by atoms with Gasteiger partial charge in [-0.2, -0.15) is 0 Å². The van der Waals surface area contributed by atoms with Crippen molar-refractivity contribution in [3.8, 4) is 0 Å². The smallest absolute Gasteiger partial charge is 0.264 e. The Morgan fingerprint density at radius 3 is 2.56 bits per heavy atom. The highest BCUT2D eigenvalue weighted by molar-refractivity contribution is 7.98. The number of anilines is 1. The predicted octanol–water partition coefficient (Wildman–Crippen LogP) is -1.70. The van der Waals surface area contributed by atoms with Crippen molar-refractivity contribution in [3.63, 3.8) is 0 Å². The summed E-state index contributed by atoms with van der Waals surface area (Å²) in [6.07, 6.45) is -5.34. The maximum Gasteiger partial charge on any atom is 0.264 e. The van der Waals surface area contributed by atoms with Crippen molar-refractivity contribution in [1.82, 2.24) is 9.97 Å². The van der Waals surface area contributed by atoms with E-state index in [1.807, 2.05) is 0 Å². The molecule has 5 atom stereocenters. The van der Waals surface area contributed by atoms with E-state index < -0.39 is 48.6 Å². The van der Waals surface area contributed by atoms with E-state index in [2.05, 4.69) is 15.3 Å². The summed E-state index contributed by atoms with van der Waals surface area (Å²) in [5, 5.41) is 41.8. The number of carbonyl (C=O) groups is 1. The lowest BCUT2D eigenvalue weighted by molar-refractivity contribution is -0.221. The van der Waals surface area contributed by atoms with Crippen LogP contribution in [-0.2, 0) is 4.74 Å². The highest BCUT2D eigenvalue weighted by Crippen LogP contribution is 2.24. The van der Waals surface area contributed by atoms with Gasteiger partial charge in [0.1, 0.15) is 35.8 Å². The highest BCUT2D eigenvalue weighted by atomic mass is 32.2. The molecule has 1 aliphatic heterocycles. The van der Waals surface area contributed by atoms with Crippen LogP contribution in [-0.4, -0.2) is 79.7 Å². The summed E-state index contributed by atoms with van der Waals surface area (Å²) in [5.74, 6) is -0.572. The van der Waals surface area contributed by atoms with Gasteiger partial charge in [0, 0.05) is 6.42 Å². The van der Waals surface area contributed by atoms with Crippen LogP contribution in [0.3, 0.4) is 0 Å². The molecule has 10 nitrogen and oxygen atoms in total. The summed E-state index contributed by atoms with van der Waals surface area (Å²) in [6, 6.07) is 0. The average molecular weight is 375 g/mol. The van der Waals surface area contributed by atoms with Crippen molar-refractivity contribution in [3.05, 3.63) is 15.9 Å². The molecule has 25 heavy (non-hydrogen) atoms. The van der Waals surface area contributed by atoms with Crippen LogP contribution in [0.25, 0.3) is 0 Å². The quantitative estimate of drug-likeness (QED) is 0.192. The van der Waals surface area contributed by atoms with Gasteiger partial charge in [0.05, 0.1) is 6.61 Å². The standard InChI is InChI=1S/C14H21N3O7S/c1-3-5(19)7-11(16-14(25-2)17-12(7)23)15-13-10(22)9(21)8(20)6(4-18)24-13/h6,8-10,13,18,20-22H,3-4H2,1-2H3,(H2,15,16,17,23). The molecule has 1 aromatic rings. The molecule has 0 bridgehead atoms. The number of H-pyrrole nitrogens is 1. The Balaban J connectivity index is 2.39. The average Bonchev–Trinajstić information content (AvgIpc) is 2.61. The Labute approximate surface area is 147 Å². The van der Waals surface area contributed by atoms with Gasteiger partial charge < -0.3 is 35.5 Å². The lowest BCUT2D eigenvalue weighted by Crippen LogP contribution is -2.60. The molecular formula is C14H21N3O7S. The first-order valence-electron chi connectivity index (χ1n) is 7.62. The summed E-state index contributed by atoms with van der Waals surface area (Å²) in [6.45, 7) is 0.991. The molecule has 0 saturated carbocycles. The van der Waals surface area contributed by atoms with Crippen molar-refractivity contribution < 1.29 is 30.0 Å². The molecule has 5 unspecified atom stereocenters. The van der Waals surface area contributed by atoms with E-state index in [1.54, 1.807) is 13.2 Å². The number of hydrogen-bond acceptors (Lipinski definition) is 10. The number of rotatable bonds is 6. The summed E-state index contributed by atoms with van der Waals surface area (Å²) < 4.78 is 5.32. The molecule has 11 heteroatoms. The lowest BCUT2D eigenvalue weighted by Gasteiger charge is -2.40. The second kappa shape index (κ2) is 8.25. The number of aromatic amines is 1. The molecule has 1 fully saturated rings. The molecular weight excluding hydrogens is 354 g/mol. The molecule has 0 amide bonds. The van der Waals surface area contributed by atoms with Crippen molar-refractivity contribution in [2.75, 3.05) is 18.2 Å². The van der Waals surface area contributed by atoms with Gasteiger partial charge >= 0.3 is 0 Å². The summed E-state index contributed by atoms with van der Waals surface area (Å²) in [5.41, 5.74) is -0.865. The fourth-order valence-electron chi connectivity index (χ4n) is 2.44. The van der Waals surface area contributed by atoms with Gasteiger partial charge in [-0.15, -0.1) is 0 Å². The Kier molecular flexibility index (Phi) is 6.54. The first-order valence-corrected chi connectivity index (χ1v) is 8.85. The Hall–Kier alpha value is -1.50. The Morgan fingerprint density at radius 2 is 2.00 bits per heavy atom. The van der Waals surface area contributed by atoms with Crippen LogP contribution in [0.4, 0.5) is 5.82 Å². The lowest BCUT2D eigenvalue weighted by atomic mass is 9.98. The maximum absolute atomic E-state index is 12.2. The molecule has 1 saturated heterocycles. The largest absolute Gasteiger partial charge is 0.394 e. The van der Waals surface area contributed by atoms with E-state index in [-0.39, 0.29) is 23.0 Å². The molecule has 0 aromatic carbocycles. The SMILES string of the molecule is CCC(=O)c1c(NC2OC(CO)C(O)C(O)C2O)nc(SC)[nH]c1=O. The number of ketones is 1. The van der Waals surface area contributed by atoms with E-state index in [9.17, 15) is 30.0 Å². The summed E-state index contributed by atoms with van der Waals surface area (Å²) in [7, 11) is 0. The molecule has 1 aromatic heterocycles. The van der Waals surface area contributed by atoms with Crippen LogP contribution in [0.1, 0.15) is 23.7 Å². The van der Waals surface area contributed by atoms with Crippen molar-refractivity contribution in [2.45, 2.75) is 49.1 Å². The topological polar surface area (TPSA) is 165 Å². The fraction of sp³-hybridized carbons (Fsp3) is 0.643. The fourth-order valence-corrected chi connectivity index (χ4v) is 2.82. The molecule has 2 heterocycles. The second-order valence-electron chi connectivity index (χ2n) is 5.47. The third kappa shape index (κ3) is 4.02. The van der Waals surface area contributed by atoms with Gasteiger partial charge in [-0.3, -0.25) is 9.59 Å². The number of ether oxygens (including phenoxy) is 1. The van der Waals surface area contributed by atoms with Gasteiger partial charge in [0.25, 0.3) is 5.56 Å². The number of aliphatic hydroxyl groups is 4. The zero-order valence-electron chi connectivity index (χ0n) is 13.7. The molecule has 0 aliphatic carbocycles. The number of nitrogens with one attached hydrogen (secondary N) is 2. The minimum atomic E-state index is -1.59. The van der Waals surface area contributed by atoms with Crippen LogP contribution >= 0.6 is 11.8 Å². The monoisotopic (exact) mass is 375 g/mol. The van der Waals surface area contributed by atoms with Crippen molar-refractivity contribution in [2.24, 2.45) is 0 Å². The predicted molar refractivity (Wildman–Crippen MR) is 88.7 cm³/mol. The van der Waals surface area contributed by atoms with Gasteiger partial charge in [-0.1, -0.05) is 18.7 Å². The number of thioether (sulfide) groups is 1. The van der Waals surface area contributed by atoms with Gasteiger partial charge in [-0.25, -0.2) is 4.98 Å². The molecule has 6 N–H and O–H groups in total. The second-order valence-corrected chi connectivity index (χ2v) is 6.26. The summed E-state index contributed by atoms with van der Waals surface area (Å²) in [4.78, 5) is 30.8. The van der Waals surface area contributed by atoms with E-state index in [4.69, 9.17) is 4.74 Å². The van der Waals surface area contributed by atoms with Gasteiger partial charge in [0.2, 0.25) is 0 Å².